The smallest absolute Gasteiger partial charge is 0.322 e. The van der Waals surface area contributed by atoms with Gasteiger partial charge in [0.15, 0.2) is 0 Å². The fourth-order valence-electron chi connectivity index (χ4n) is 10.7. The second-order valence-electron chi connectivity index (χ2n) is 24.5. The summed E-state index contributed by atoms with van der Waals surface area (Å²) in [5.74, 6) is -19.5. The lowest BCUT2D eigenvalue weighted by atomic mass is 10.0. The van der Waals surface area contributed by atoms with Crippen molar-refractivity contribution in [2.24, 2.45) is 5.73 Å². The highest BCUT2D eigenvalue weighted by atomic mass is 32.1. The third-order valence-corrected chi connectivity index (χ3v) is 17.0. The third kappa shape index (κ3) is 28.6. The Morgan fingerprint density at radius 2 is 0.811 bits per heavy atom. The van der Waals surface area contributed by atoms with E-state index in [4.69, 9.17) is 10.8 Å². The van der Waals surface area contributed by atoms with Gasteiger partial charge in [-0.15, -0.1) is 0 Å². The predicted molar refractivity (Wildman–Crippen MR) is 379 cm³/mol. The molecule has 11 atom stereocenters. The second kappa shape index (κ2) is 42.3. The average Bonchev–Trinajstić information content (AvgIpc) is 1.55. The number of benzene rings is 4. The fraction of sp³-hybridized carbons (Fsp3) is 0.412. The summed E-state index contributed by atoms with van der Waals surface area (Å²) in [6.07, 6.45) is -4.97. The van der Waals surface area contributed by atoms with Gasteiger partial charge in [0.25, 0.3) is 0 Å². The molecule has 4 aromatic carbocycles. The summed E-state index contributed by atoms with van der Waals surface area (Å²) >= 11 is 8.38. The van der Waals surface area contributed by atoms with Crippen molar-refractivity contribution in [2.45, 2.75) is 144 Å². The Morgan fingerprint density at radius 3 is 1.29 bits per heavy atom. The quantitative estimate of drug-likeness (QED) is 0.0189. The van der Waals surface area contributed by atoms with Crippen LogP contribution in [-0.2, 0) is 102 Å². The summed E-state index contributed by atoms with van der Waals surface area (Å²) in [6, 6.07) is 7.97. The van der Waals surface area contributed by atoms with Crippen LogP contribution >= 0.6 is 25.3 Å². The highest BCUT2D eigenvalue weighted by Gasteiger charge is 2.41. The zero-order chi connectivity index (χ0) is 78.3. The van der Waals surface area contributed by atoms with Crippen molar-refractivity contribution in [3.05, 3.63) is 125 Å². The largest absolute Gasteiger partial charge is 0.508 e. The first-order valence-electron chi connectivity index (χ1n) is 33.0. The third-order valence-electron chi connectivity index (χ3n) is 16.3. The molecule has 0 radical (unpaired) electrons. The van der Waals surface area contributed by atoms with Gasteiger partial charge in [-0.2, -0.15) is 25.3 Å². The van der Waals surface area contributed by atoms with Crippen LogP contribution in [0.5, 0.6) is 17.2 Å². The molecule has 0 unspecified atom stereocenters. The number of likely N-dealkylation sites (tertiary alicyclic amines) is 1. The zero-order valence-corrected chi connectivity index (χ0v) is 58.8. The maximum absolute atomic E-state index is 14.9. The van der Waals surface area contributed by atoms with Gasteiger partial charge in [-0.05, 0) is 97.7 Å². The lowest BCUT2D eigenvalue weighted by Crippen LogP contribution is -2.61. The Labute approximate surface area is 616 Å². The lowest BCUT2D eigenvalue weighted by molar-refractivity contribution is -0.144. The number of phenols is 3. The number of hydrogen-bond donors (Lipinski definition) is 21. The topological polar surface area (TPSA) is 576 Å². The van der Waals surface area contributed by atoms with Crippen molar-refractivity contribution in [3.63, 3.8) is 0 Å². The van der Waals surface area contributed by atoms with Gasteiger partial charge in [-0.3, -0.25) is 76.7 Å². The highest BCUT2D eigenvalue weighted by Crippen LogP contribution is 2.22. The SMILES string of the molecule is C[C@H](NC(=O)CNC(=O)[C@H](CCC(=O)O)NC(=O)[C@H](CCC(=O)O)NC(=O)[C@H](CC(=O)O)NC(=O)[C@@H]1CCCN1C(=O)[C@H](Cc1ccc(O)cc1)NC(=O)[C@H](Cc1ccccc1)NC(=O)[C@H](CS)NC(=O)[C@@H](N)Cc1ccc(O)cc1)C(=O)N[C@@H](CS)C(=O)N[C@@H](Cc1ccc(O)cc1)C(=O)NCC(=O)O. The number of carboxylic acids is 4. The molecule has 106 heavy (non-hydrogen) atoms. The van der Waals surface area contributed by atoms with E-state index in [1.807, 2.05) is 0 Å². The number of hydrogen-bond acceptors (Lipinski definition) is 22. The predicted octanol–water partition coefficient (Wildman–Crippen LogP) is -3.84. The number of carboxylic acid groups (broad SMARTS) is 4. The van der Waals surface area contributed by atoms with Crippen LogP contribution in [0.4, 0.5) is 0 Å². The molecular formula is C68H85N13O23S2. The lowest BCUT2D eigenvalue weighted by Gasteiger charge is -2.31. The van der Waals surface area contributed by atoms with Gasteiger partial charge < -0.3 is 105 Å². The summed E-state index contributed by atoms with van der Waals surface area (Å²) in [6.45, 7) is -0.745. The van der Waals surface area contributed by atoms with Gasteiger partial charge in [0.2, 0.25) is 70.9 Å². The summed E-state index contributed by atoms with van der Waals surface area (Å²) in [5.41, 5.74) is 8.13. The summed E-state index contributed by atoms with van der Waals surface area (Å²) in [4.78, 5) is 214. The molecule has 1 fully saturated rings. The Hall–Kier alpha value is -11.5. The monoisotopic (exact) mass is 1520 g/mol. The molecule has 1 heterocycles. The standard InChI is InChI=1S/C68H85N13O23S2/c1-35(58(94)79-50(33-105)65(101)75-46(61(97)71-32-57(92)93)28-38-11-17-41(83)18-12-38)72-53(85)31-70-60(96)44(21-23-54(86)87)73-62(98)45(22-24-55(88)89)74-64(100)48(30-56(90)91)77-67(103)52-8-5-25-81(52)68(104)49(29-39-13-19-42(84)20-14-39)78-63(99)47(27-36-6-3-2-4-7-36)76-66(102)51(34-106)80-59(95)43(69)26-37-9-15-40(82)16-10-37/h2-4,6-7,9-20,35,43-52,82-84,105-106H,5,8,21-34,69H2,1H3,(H,70,96)(H,71,97)(H,72,85)(H,73,98)(H,74,100)(H,75,101)(H,76,102)(H,77,103)(H,78,99)(H,79,94)(H,80,95)(H,86,87)(H,88,89)(H,90,91)(H,92,93)/t35-,43-,44-,45-,46-,47-,48-,49-,50-,51-,52-/m0/s1. The van der Waals surface area contributed by atoms with Crippen molar-refractivity contribution in [3.8, 4) is 17.2 Å². The van der Waals surface area contributed by atoms with Crippen molar-refractivity contribution in [2.75, 3.05) is 31.1 Å². The maximum Gasteiger partial charge on any atom is 0.322 e. The van der Waals surface area contributed by atoms with Crippen molar-refractivity contribution < 1.29 is 112 Å². The Bertz CT molecular complexity index is 3800. The molecule has 20 N–H and O–H groups in total. The number of aliphatic carboxylic acids is 4. The number of rotatable bonds is 42. The number of nitrogens with zero attached hydrogens (tertiary/aromatic N) is 1. The van der Waals surface area contributed by atoms with Gasteiger partial charge in [-0.25, -0.2) is 0 Å². The van der Waals surface area contributed by atoms with E-state index in [1.165, 1.54) is 67.6 Å². The van der Waals surface area contributed by atoms with E-state index >= 15 is 0 Å². The van der Waals surface area contributed by atoms with Crippen molar-refractivity contribution in [1.82, 2.24) is 63.4 Å². The van der Waals surface area contributed by atoms with Crippen LogP contribution in [0.3, 0.4) is 0 Å². The molecule has 0 aromatic heterocycles. The normalized spacial score (nSPS) is 15.2. The van der Waals surface area contributed by atoms with Crippen molar-refractivity contribution >= 4 is 120 Å². The Kier molecular flexibility index (Phi) is 34.0. The maximum atomic E-state index is 14.9. The van der Waals surface area contributed by atoms with E-state index in [-0.39, 0.29) is 73.8 Å². The number of nitrogens with one attached hydrogen (secondary N) is 11. The molecule has 1 aliphatic rings. The number of aromatic hydroxyl groups is 3. The molecule has 1 aliphatic heterocycles. The molecule has 0 aliphatic carbocycles. The highest BCUT2D eigenvalue weighted by molar-refractivity contribution is 7.80. The molecule has 572 valence electrons. The van der Waals surface area contributed by atoms with Crippen LogP contribution in [0.1, 0.15) is 74.1 Å². The van der Waals surface area contributed by atoms with E-state index in [1.54, 1.807) is 42.5 Å². The van der Waals surface area contributed by atoms with Crippen LogP contribution in [0.25, 0.3) is 0 Å². The van der Waals surface area contributed by atoms with Crippen LogP contribution < -0.4 is 64.2 Å². The first-order chi connectivity index (χ1) is 50.2. The minimum Gasteiger partial charge on any atom is -0.508 e. The summed E-state index contributed by atoms with van der Waals surface area (Å²) in [7, 11) is 0. The van der Waals surface area contributed by atoms with E-state index in [9.17, 15) is 107 Å². The fourth-order valence-corrected chi connectivity index (χ4v) is 11.2. The van der Waals surface area contributed by atoms with Crippen LogP contribution in [0.15, 0.2) is 103 Å². The number of carbonyl (C=O) groups is 16. The molecule has 0 bridgehead atoms. The van der Waals surface area contributed by atoms with E-state index in [0.29, 0.717) is 22.3 Å². The summed E-state index contributed by atoms with van der Waals surface area (Å²) in [5, 5.41) is 93.5. The molecule has 36 nitrogen and oxygen atoms in total. The number of phenolic OH excluding ortho intramolecular Hbond substituents is 3. The van der Waals surface area contributed by atoms with Gasteiger partial charge in [0.1, 0.15) is 84.2 Å². The first-order valence-corrected chi connectivity index (χ1v) is 34.3. The number of nitrogens with two attached hydrogens (primary N) is 1. The number of thiol groups is 2. The molecule has 38 heteroatoms. The minimum atomic E-state index is -2.09. The number of carbonyl (C=O) groups excluding carboxylic acids is 12. The average molecular weight is 1520 g/mol. The Balaban J connectivity index is 1.28. The molecule has 12 amide bonds. The molecular weight excluding hydrogens is 1430 g/mol. The van der Waals surface area contributed by atoms with E-state index in [2.05, 4.69) is 83.7 Å². The molecule has 1 saturated heterocycles. The van der Waals surface area contributed by atoms with E-state index in [0.717, 1.165) is 4.90 Å². The zero-order valence-electron chi connectivity index (χ0n) is 57.1. The first kappa shape index (κ1) is 85.1. The van der Waals surface area contributed by atoms with Crippen LogP contribution in [-0.4, -0.2) is 233 Å². The number of amides is 12. The Morgan fingerprint density at radius 1 is 0.425 bits per heavy atom. The van der Waals surface area contributed by atoms with Gasteiger partial charge in [0.05, 0.1) is 19.0 Å². The van der Waals surface area contributed by atoms with Crippen LogP contribution in [0.2, 0.25) is 0 Å². The van der Waals surface area contributed by atoms with E-state index < -0.39 is 206 Å². The molecule has 0 saturated carbocycles. The van der Waals surface area contributed by atoms with Crippen LogP contribution in [0, 0.1) is 0 Å². The van der Waals surface area contributed by atoms with Gasteiger partial charge >= 0.3 is 23.9 Å². The van der Waals surface area contributed by atoms with Gasteiger partial charge in [0, 0.05) is 50.2 Å². The summed E-state index contributed by atoms with van der Waals surface area (Å²) < 4.78 is 0. The molecule has 5 rings (SSSR count). The minimum absolute atomic E-state index is 0.0137. The van der Waals surface area contributed by atoms with Crippen molar-refractivity contribution in [1.29, 1.82) is 0 Å². The van der Waals surface area contributed by atoms with Gasteiger partial charge in [-0.1, -0.05) is 66.7 Å². The second-order valence-corrected chi connectivity index (χ2v) is 25.3. The molecule has 4 aromatic rings. The molecule has 0 spiro atoms.